The zero-order valence-corrected chi connectivity index (χ0v) is 14.7. The molecule has 0 aliphatic rings. The maximum absolute atomic E-state index is 5.70. The van der Waals surface area contributed by atoms with Gasteiger partial charge in [0, 0.05) is 5.33 Å². The second-order valence-corrected chi connectivity index (χ2v) is 5.17. The van der Waals surface area contributed by atoms with Crippen molar-refractivity contribution in [3.05, 3.63) is 23.8 Å². The van der Waals surface area contributed by atoms with Crippen molar-refractivity contribution in [3.63, 3.8) is 0 Å². The summed E-state index contributed by atoms with van der Waals surface area (Å²) in [5.74, 6) is 2.18. The third-order valence-electron chi connectivity index (χ3n) is 2.75. The number of hydrogen-bond acceptors (Lipinski definition) is 3. The Morgan fingerprint density at radius 3 is 2.00 bits per heavy atom. The quantitative estimate of drug-likeness (QED) is 0.432. The average Bonchev–Trinajstić information content (AvgIpc) is 2.47. The molecule has 0 aliphatic carbocycles. The molecule has 4 heteroatoms. The van der Waals surface area contributed by atoms with Gasteiger partial charge in [0.15, 0.2) is 11.5 Å². The van der Waals surface area contributed by atoms with E-state index in [2.05, 4.69) is 28.1 Å². The number of unbranched alkanes of at least 4 members (excludes halogenated alkanes) is 1. The highest BCUT2D eigenvalue weighted by Crippen LogP contribution is 2.39. The zero-order chi connectivity index (χ0) is 15.5. The van der Waals surface area contributed by atoms with Crippen molar-refractivity contribution in [1.82, 2.24) is 0 Å². The summed E-state index contributed by atoms with van der Waals surface area (Å²) < 4.78 is 17.1. The van der Waals surface area contributed by atoms with Crippen LogP contribution in [0.4, 0.5) is 0 Å². The summed E-state index contributed by atoms with van der Waals surface area (Å²) in [6.45, 7) is 7.67. The number of benzene rings is 1. The minimum Gasteiger partial charge on any atom is -0.490 e. The van der Waals surface area contributed by atoms with E-state index in [0.717, 1.165) is 35.2 Å². The third-order valence-corrected chi connectivity index (χ3v) is 3.31. The maximum atomic E-state index is 5.70. The molecule has 0 spiro atoms. The molecule has 0 radical (unpaired) electrons. The molecular weight excluding hydrogens is 332 g/mol. The van der Waals surface area contributed by atoms with Crippen LogP contribution in [-0.4, -0.2) is 25.2 Å². The second-order valence-electron chi connectivity index (χ2n) is 4.38. The van der Waals surface area contributed by atoms with Gasteiger partial charge in [-0.15, -0.1) is 0 Å². The van der Waals surface area contributed by atoms with Crippen LogP contribution in [0.1, 0.15) is 39.2 Å². The van der Waals surface area contributed by atoms with Crippen LogP contribution in [0, 0.1) is 0 Å². The van der Waals surface area contributed by atoms with Crippen molar-refractivity contribution in [2.75, 3.05) is 25.2 Å². The Bertz CT molecular complexity index is 417. The van der Waals surface area contributed by atoms with Crippen molar-refractivity contribution in [3.8, 4) is 17.2 Å². The molecule has 0 saturated heterocycles. The van der Waals surface area contributed by atoms with Gasteiger partial charge in [0.25, 0.3) is 0 Å². The molecule has 0 aromatic heterocycles. The Morgan fingerprint density at radius 1 is 0.952 bits per heavy atom. The Labute approximate surface area is 136 Å². The first kappa shape index (κ1) is 17.9. The molecule has 0 bridgehead atoms. The van der Waals surface area contributed by atoms with Gasteiger partial charge in [-0.3, -0.25) is 0 Å². The molecule has 1 aromatic carbocycles. The van der Waals surface area contributed by atoms with E-state index >= 15 is 0 Å². The first-order chi connectivity index (χ1) is 10.3. The fourth-order valence-corrected chi connectivity index (χ4v) is 2.24. The van der Waals surface area contributed by atoms with Crippen molar-refractivity contribution < 1.29 is 14.2 Å². The van der Waals surface area contributed by atoms with Gasteiger partial charge in [-0.2, -0.15) is 0 Å². The molecule has 0 heterocycles. The van der Waals surface area contributed by atoms with Crippen molar-refractivity contribution >= 4 is 22.0 Å². The van der Waals surface area contributed by atoms with Crippen LogP contribution in [0.25, 0.3) is 6.08 Å². The van der Waals surface area contributed by atoms with Gasteiger partial charge in [-0.25, -0.2) is 0 Å². The minimum absolute atomic E-state index is 0.584. The summed E-state index contributed by atoms with van der Waals surface area (Å²) in [5.41, 5.74) is 1.07. The molecule has 0 N–H and O–H groups in total. The Kier molecular flexibility index (Phi) is 8.99. The second kappa shape index (κ2) is 10.6. The molecule has 0 saturated carbocycles. The zero-order valence-electron chi connectivity index (χ0n) is 13.2. The Morgan fingerprint density at radius 2 is 1.52 bits per heavy atom. The van der Waals surface area contributed by atoms with Crippen LogP contribution in [0.3, 0.4) is 0 Å². The lowest BCUT2D eigenvalue weighted by Gasteiger charge is -2.16. The highest BCUT2D eigenvalue weighted by atomic mass is 79.9. The van der Waals surface area contributed by atoms with E-state index < -0.39 is 0 Å². The lowest BCUT2D eigenvalue weighted by Crippen LogP contribution is -2.02. The third kappa shape index (κ3) is 6.00. The largest absolute Gasteiger partial charge is 0.490 e. The molecule has 3 nitrogen and oxygen atoms in total. The number of hydrogen-bond donors (Lipinski definition) is 0. The number of rotatable bonds is 10. The lowest BCUT2D eigenvalue weighted by molar-refractivity contribution is 0.260. The monoisotopic (exact) mass is 356 g/mol. The summed E-state index contributed by atoms with van der Waals surface area (Å²) in [6.07, 6.45) is 6.45. The summed E-state index contributed by atoms with van der Waals surface area (Å²) in [6, 6.07) is 4.00. The Hall–Kier alpha value is -1.16. The van der Waals surface area contributed by atoms with Crippen molar-refractivity contribution in [2.24, 2.45) is 0 Å². The van der Waals surface area contributed by atoms with Crippen LogP contribution in [0.2, 0.25) is 0 Å². The molecule has 1 aromatic rings. The van der Waals surface area contributed by atoms with Gasteiger partial charge >= 0.3 is 0 Å². The van der Waals surface area contributed by atoms with Crippen LogP contribution < -0.4 is 14.2 Å². The molecular formula is C17H25BrO3. The average molecular weight is 357 g/mol. The van der Waals surface area contributed by atoms with E-state index in [1.807, 2.05) is 32.9 Å². The lowest BCUT2D eigenvalue weighted by atomic mass is 10.1. The van der Waals surface area contributed by atoms with Gasteiger partial charge in [0.2, 0.25) is 5.75 Å². The molecule has 0 fully saturated rings. The predicted molar refractivity (Wildman–Crippen MR) is 92.0 cm³/mol. The number of alkyl halides is 1. The molecule has 0 atom stereocenters. The summed E-state index contributed by atoms with van der Waals surface area (Å²) in [5, 5.41) is 1.02. The van der Waals surface area contributed by atoms with E-state index in [0.29, 0.717) is 25.6 Å². The van der Waals surface area contributed by atoms with Crippen LogP contribution >= 0.6 is 15.9 Å². The van der Waals surface area contributed by atoms with Gasteiger partial charge < -0.3 is 14.2 Å². The van der Waals surface area contributed by atoms with Crippen LogP contribution in [-0.2, 0) is 0 Å². The molecule has 1 rings (SSSR count). The van der Waals surface area contributed by atoms with E-state index in [9.17, 15) is 0 Å². The summed E-state index contributed by atoms with van der Waals surface area (Å²) in [4.78, 5) is 0. The smallest absolute Gasteiger partial charge is 0.203 e. The van der Waals surface area contributed by atoms with Crippen molar-refractivity contribution in [2.45, 2.75) is 33.6 Å². The van der Waals surface area contributed by atoms with E-state index in [1.165, 1.54) is 0 Å². The number of ether oxygens (including phenoxy) is 3. The summed E-state index contributed by atoms with van der Waals surface area (Å²) >= 11 is 3.44. The minimum atomic E-state index is 0.584. The standard InChI is InChI=1S/C17H25BrO3/c1-4-19-15-12-14(10-8-7-9-11-18)13-16(20-5-2)17(15)21-6-3/h8,10,12-13H,4-7,9,11H2,1-3H3/b10-8+. The van der Waals surface area contributed by atoms with E-state index in [-0.39, 0.29) is 0 Å². The Balaban J connectivity index is 3.06. The van der Waals surface area contributed by atoms with Gasteiger partial charge in [0.05, 0.1) is 19.8 Å². The fourth-order valence-electron chi connectivity index (χ4n) is 1.92. The molecule has 118 valence electrons. The SMILES string of the molecule is CCOc1cc(/C=C/CCCBr)cc(OCC)c1OCC. The van der Waals surface area contributed by atoms with Gasteiger partial charge in [-0.05, 0) is 51.3 Å². The fraction of sp³-hybridized carbons (Fsp3) is 0.529. The highest BCUT2D eigenvalue weighted by Gasteiger charge is 2.13. The number of halogens is 1. The highest BCUT2D eigenvalue weighted by molar-refractivity contribution is 9.09. The predicted octanol–water partition coefficient (Wildman–Crippen LogP) is 5.07. The van der Waals surface area contributed by atoms with Crippen LogP contribution in [0.5, 0.6) is 17.2 Å². The summed E-state index contributed by atoms with van der Waals surface area (Å²) in [7, 11) is 0. The molecule has 0 aliphatic heterocycles. The normalized spacial score (nSPS) is 10.9. The molecule has 21 heavy (non-hydrogen) atoms. The van der Waals surface area contributed by atoms with E-state index in [1.54, 1.807) is 0 Å². The molecule has 0 amide bonds. The number of allylic oxidation sites excluding steroid dienone is 1. The van der Waals surface area contributed by atoms with E-state index in [4.69, 9.17) is 14.2 Å². The van der Waals surface area contributed by atoms with Crippen molar-refractivity contribution in [1.29, 1.82) is 0 Å². The van der Waals surface area contributed by atoms with Gasteiger partial charge in [0.1, 0.15) is 0 Å². The maximum Gasteiger partial charge on any atom is 0.203 e. The van der Waals surface area contributed by atoms with Gasteiger partial charge in [-0.1, -0.05) is 28.1 Å². The first-order valence-electron chi connectivity index (χ1n) is 7.55. The van der Waals surface area contributed by atoms with Crippen LogP contribution in [0.15, 0.2) is 18.2 Å². The topological polar surface area (TPSA) is 27.7 Å². The first-order valence-corrected chi connectivity index (χ1v) is 8.67. The molecule has 0 unspecified atom stereocenters.